The number of nitrogens with zero attached hydrogens (tertiary/aromatic N) is 4. The van der Waals surface area contributed by atoms with Gasteiger partial charge in [-0.2, -0.15) is 15.0 Å². The predicted molar refractivity (Wildman–Crippen MR) is 114 cm³/mol. The number of nitro groups is 1. The Balaban J connectivity index is 1.54. The van der Waals surface area contributed by atoms with E-state index in [1.165, 1.54) is 12.1 Å². The van der Waals surface area contributed by atoms with Gasteiger partial charge in [0, 0.05) is 17.3 Å². The number of amides is 1. The van der Waals surface area contributed by atoms with Crippen LogP contribution in [0.3, 0.4) is 0 Å². The third-order valence-corrected chi connectivity index (χ3v) is 4.21. The Kier molecular flexibility index (Phi) is 7.08. The molecule has 1 amide bonds. The monoisotopic (exact) mass is 457 g/mol. The van der Waals surface area contributed by atoms with E-state index in [0.29, 0.717) is 0 Å². The lowest BCUT2D eigenvalue weighted by Crippen LogP contribution is -2.30. The van der Waals surface area contributed by atoms with Crippen molar-refractivity contribution in [1.29, 1.82) is 0 Å². The maximum atomic E-state index is 12.1. The molecular weight excluding hydrogens is 442 g/mol. The van der Waals surface area contributed by atoms with Gasteiger partial charge in [-0.15, -0.1) is 0 Å². The van der Waals surface area contributed by atoms with E-state index in [4.69, 9.17) is 22.1 Å². The number of esters is 1. The summed E-state index contributed by atoms with van der Waals surface area (Å²) in [5, 5.41) is 16.1. The van der Waals surface area contributed by atoms with Gasteiger partial charge < -0.3 is 21.1 Å². The van der Waals surface area contributed by atoms with Crippen LogP contribution in [0, 0.1) is 10.1 Å². The van der Waals surface area contributed by atoms with Gasteiger partial charge in [0.05, 0.1) is 4.92 Å². The fourth-order valence-electron chi connectivity index (χ4n) is 2.45. The van der Waals surface area contributed by atoms with Crippen molar-refractivity contribution in [2.75, 3.05) is 17.6 Å². The highest BCUT2D eigenvalue weighted by atomic mass is 35.5. The van der Waals surface area contributed by atoms with Crippen molar-refractivity contribution >= 4 is 46.7 Å². The number of carbonyl (C=O) groups excluding carboxylic acids is 2. The summed E-state index contributed by atoms with van der Waals surface area (Å²) in [7, 11) is 0. The molecule has 0 atom stereocenters. The number of hydrogen-bond acceptors (Lipinski definition) is 10. The van der Waals surface area contributed by atoms with Gasteiger partial charge in [-0.3, -0.25) is 19.7 Å². The zero-order valence-corrected chi connectivity index (χ0v) is 17.1. The Bertz CT molecular complexity index is 1160. The number of carbonyl (C=O) groups is 2. The molecule has 0 saturated heterocycles. The summed E-state index contributed by atoms with van der Waals surface area (Å²) in [6.45, 7) is -0.789. The molecule has 32 heavy (non-hydrogen) atoms. The molecule has 3 rings (SSSR count). The van der Waals surface area contributed by atoms with Crippen molar-refractivity contribution < 1.29 is 19.2 Å². The average molecular weight is 458 g/mol. The molecular formula is C19H16ClN7O5. The van der Waals surface area contributed by atoms with Crippen LogP contribution >= 0.6 is 11.6 Å². The first-order valence-electron chi connectivity index (χ1n) is 9.02. The third-order valence-electron chi connectivity index (χ3n) is 3.89. The number of ether oxygens (including phenoxy) is 1. The Morgan fingerprint density at radius 2 is 1.88 bits per heavy atom. The van der Waals surface area contributed by atoms with Crippen molar-refractivity contribution in [3.05, 3.63) is 75.1 Å². The van der Waals surface area contributed by atoms with Crippen molar-refractivity contribution in [2.24, 2.45) is 0 Å². The zero-order chi connectivity index (χ0) is 23.1. The molecule has 0 radical (unpaired) electrons. The number of nitrogen functional groups attached to an aromatic ring is 1. The third kappa shape index (κ3) is 6.09. The molecule has 12 nitrogen and oxygen atoms in total. The smallest absolute Gasteiger partial charge is 0.325 e. The molecule has 164 valence electrons. The van der Waals surface area contributed by atoms with E-state index < -0.39 is 29.0 Å². The summed E-state index contributed by atoms with van der Waals surface area (Å²) in [5.74, 6) is -1.28. The molecule has 1 aromatic heterocycles. The Morgan fingerprint density at radius 3 is 2.59 bits per heavy atom. The number of benzene rings is 2. The van der Waals surface area contributed by atoms with Gasteiger partial charge >= 0.3 is 5.97 Å². The van der Waals surface area contributed by atoms with Gasteiger partial charge in [-0.1, -0.05) is 29.8 Å². The number of nitrogens with one attached hydrogen (secondary N) is 2. The number of anilines is 3. The molecule has 0 bridgehead atoms. The number of halogens is 1. The van der Waals surface area contributed by atoms with Crippen LogP contribution in [0.25, 0.3) is 0 Å². The van der Waals surface area contributed by atoms with Crippen molar-refractivity contribution in [1.82, 2.24) is 20.3 Å². The first kappa shape index (κ1) is 22.4. The van der Waals surface area contributed by atoms with Gasteiger partial charge in [0.1, 0.15) is 11.6 Å². The molecule has 2 aromatic carbocycles. The highest BCUT2D eigenvalue weighted by molar-refractivity contribution is 6.32. The molecule has 3 aromatic rings. The lowest BCUT2D eigenvalue weighted by molar-refractivity contribution is -0.384. The maximum Gasteiger partial charge on any atom is 0.325 e. The van der Waals surface area contributed by atoms with E-state index in [0.717, 1.165) is 11.8 Å². The second-order valence-corrected chi connectivity index (χ2v) is 6.60. The van der Waals surface area contributed by atoms with Gasteiger partial charge in [0.25, 0.3) is 11.6 Å². The zero-order valence-electron chi connectivity index (χ0n) is 16.3. The minimum absolute atomic E-state index is 0.0317. The first-order chi connectivity index (χ1) is 15.3. The van der Waals surface area contributed by atoms with E-state index in [-0.39, 0.29) is 34.9 Å². The predicted octanol–water partition coefficient (Wildman–Crippen LogP) is 2.23. The first-order valence-corrected chi connectivity index (χ1v) is 9.40. The highest BCUT2D eigenvalue weighted by Gasteiger charge is 2.17. The fraction of sp³-hybridized carbons (Fsp3) is 0.105. The van der Waals surface area contributed by atoms with Gasteiger partial charge in [0.15, 0.2) is 12.4 Å². The van der Waals surface area contributed by atoms with E-state index in [2.05, 4.69) is 25.6 Å². The normalized spacial score (nSPS) is 10.3. The van der Waals surface area contributed by atoms with E-state index in [1.807, 2.05) is 18.2 Å². The van der Waals surface area contributed by atoms with E-state index in [1.54, 1.807) is 12.1 Å². The number of para-hydroxylation sites is 1. The SMILES string of the molecule is Nc1nc(COC(=O)CNC(=O)c2ccc(Cl)c([N+](=O)[O-])c2)nc(Nc2ccccc2)n1. The number of aromatic nitrogens is 3. The van der Waals surface area contributed by atoms with Crippen LogP contribution in [0.4, 0.5) is 23.3 Å². The molecule has 4 N–H and O–H groups in total. The van der Waals surface area contributed by atoms with Crippen LogP contribution in [0.2, 0.25) is 5.02 Å². The molecule has 0 aliphatic heterocycles. The molecule has 1 heterocycles. The molecule has 0 aliphatic carbocycles. The van der Waals surface area contributed by atoms with Gasteiger partial charge in [-0.25, -0.2) is 0 Å². The molecule has 13 heteroatoms. The molecule has 0 spiro atoms. The number of rotatable bonds is 8. The van der Waals surface area contributed by atoms with Crippen LogP contribution in [0.15, 0.2) is 48.5 Å². The number of nitro benzene ring substituents is 1. The number of nitrogens with two attached hydrogens (primary N) is 1. The standard InChI is InChI=1S/C19H16ClN7O5/c20-13-7-6-11(8-14(13)27(30)31)17(29)22-9-16(28)32-10-15-24-18(21)26-19(25-15)23-12-4-2-1-3-5-12/h1-8H,9-10H2,(H,22,29)(H3,21,23,24,25,26). The van der Waals surface area contributed by atoms with Gasteiger partial charge in [-0.05, 0) is 24.3 Å². The second kappa shape index (κ2) is 10.1. The topological polar surface area (TPSA) is 175 Å². The fourth-order valence-corrected chi connectivity index (χ4v) is 2.64. The van der Waals surface area contributed by atoms with E-state index in [9.17, 15) is 19.7 Å². The summed E-state index contributed by atoms with van der Waals surface area (Å²) < 4.78 is 5.04. The summed E-state index contributed by atoms with van der Waals surface area (Å²) in [6.07, 6.45) is 0. The highest BCUT2D eigenvalue weighted by Crippen LogP contribution is 2.25. The lowest BCUT2D eigenvalue weighted by Gasteiger charge is -2.09. The second-order valence-electron chi connectivity index (χ2n) is 6.19. The summed E-state index contributed by atoms with van der Waals surface area (Å²) >= 11 is 5.71. The van der Waals surface area contributed by atoms with Crippen molar-refractivity contribution in [3.63, 3.8) is 0 Å². The minimum atomic E-state index is -0.779. The van der Waals surface area contributed by atoms with E-state index >= 15 is 0 Å². The summed E-state index contributed by atoms with van der Waals surface area (Å²) in [4.78, 5) is 46.3. The Morgan fingerprint density at radius 1 is 1.12 bits per heavy atom. The molecule has 0 unspecified atom stereocenters. The van der Waals surface area contributed by atoms with Crippen LogP contribution in [-0.2, 0) is 16.1 Å². The lowest BCUT2D eigenvalue weighted by atomic mass is 10.2. The Hall–Kier alpha value is -4.32. The largest absolute Gasteiger partial charge is 0.456 e. The molecule has 0 aliphatic rings. The molecule has 0 saturated carbocycles. The van der Waals surface area contributed by atoms with Crippen molar-refractivity contribution in [3.8, 4) is 0 Å². The van der Waals surface area contributed by atoms with Crippen molar-refractivity contribution in [2.45, 2.75) is 6.61 Å². The van der Waals surface area contributed by atoms with Crippen LogP contribution < -0.4 is 16.4 Å². The quantitative estimate of drug-likeness (QED) is 0.258. The Labute approximate surface area is 185 Å². The van der Waals surface area contributed by atoms with Crippen LogP contribution in [0.5, 0.6) is 0 Å². The summed E-state index contributed by atoms with van der Waals surface area (Å²) in [6, 6.07) is 12.6. The average Bonchev–Trinajstić information content (AvgIpc) is 2.76. The maximum absolute atomic E-state index is 12.1. The van der Waals surface area contributed by atoms with Crippen LogP contribution in [0.1, 0.15) is 16.2 Å². The minimum Gasteiger partial charge on any atom is -0.456 e. The van der Waals surface area contributed by atoms with Crippen LogP contribution in [-0.4, -0.2) is 38.3 Å². The van der Waals surface area contributed by atoms with Gasteiger partial charge in [0.2, 0.25) is 11.9 Å². The summed E-state index contributed by atoms with van der Waals surface area (Å²) in [5.41, 5.74) is 5.94. The molecule has 0 fully saturated rings. The number of hydrogen-bond donors (Lipinski definition) is 3.